The Hall–Kier alpha value is -1.92. The van der Waals surface area contributed by atoms with Gasteiger partial charge >= 0.3 is 6.18 Å². The molecule has 2 rings (SSSR count). The van der Waals surface area contributed by atoms with Gasteiger partial charge in [0.05, 0.1) is 12.1 Å². The highest BCUT2D eigenvalue weighted by atomic mass is 19.4. The van der Waals surface area contributed by atoms with Crippen molar-refractivity contribution in [2.75, 3.05) is 17.2 Å². The van der Waals surface area contributed by atoms with Crippen molar-refractivity contribution in [3.8, 4) is 5.75 Å². The number of benzene rings is 1. The van der Waals surface area contributed by atoms with Crippen LogP contribution in [0.1, 0.15) is 13.3 Å². The lowest BCUT2D eigenvalue weighted by Gasteiger charge is -2.33. The van der Waals surface area contributed by atoms with E-state index < -0.39 is 31.2 Å². The van der Waals surface area contributed by atoms with Crippen LogP contribution in [0.2, 0.25) is 0 Å². The van der Waals surface area contributed by atoms with Gasteiger partial charge in [-0.2, -0.15) is 13.2 Å². The van der Waals surface area contributed by atoms with E-state index in [2.05, 4.69) is 0 Å². The summed E-state index contributed by atoms with van der Waals surface area (Å²) >= 11 is 0. The summed E-state index contributed by atoms with van der Waals surface area (Å²) in [7, 11) is 0. The Balaban J connectivity index is 2.29. The molecule has 104 valence electrons. The third-order valence-corrected chi connectivity index (χ3v) is 2.81. The summed E-state index contributed by atoms with van der Waals surface area (Å²) in [6, 6.07) is 4.51. The predicted octanol–water partition coefficient (Wildman–Crippen LogP) is 2.34. The van der Waals surface area contributed by atoms with Gasteiger partial charge in [-0.15, -0.1) is 0 Å². The highest BCUT2D eigenvalue weighted by Gasteiger charge is 2.35. The minimum atomic E-state index is -4.31. The number of rotatable bonds is 2. The molecule has 4 nitrogen and oxygen atoms in total. The van der Waals surface area contributed by atoms with Gasteiger partial charge in [0.2, 0.25) is 0 Å². The lowest BCUT2D eigenvalue weighted by Crippen LogP contribution is -2.45. The molecule has 1 aromatic carbocycles. The number of alkyl halides is 3. The second-order valence-corrected chi connectivity index (χ2v) is 4.34. The summed E-state index contributed by atoms with van der Waals surface area (Å²) in [6.07, 6.45) is -6.19. The summed E-state index contributed by atoms with van der Waals surface area (Å²) in [6.45, 7) is 1.07. The first kappa shape index (κ1) is 13.5. The molecular formula is C12H13F3N2O2. The molecule has 0 bridgehead atoms. The molecule has 0 saturated carbocycles. The number of carbonyl (C=O) groups excluding carboxylic acids is 1. The quantitative estimate of drug-likeness (QED) is 0.842. The fourth-order valence-electron chi connectivity index (χ4n) is 1.90. The largest absolute Gasteiger partial charge is 0.479 e. The number of anilines is 2. The molecular weight excluding hydrogens is 261 g/mol. The number of halogens is 3. The standard InChI is InChI=1S/C12H13F3N2O2/c1-7-11(18)17(5-4-12(13,14)15)9-3-2-8(16)6-10(9)19-7/h2-3,6-7H,4-5,16H2,1H3. The fourth-order valence-corrected chi connectivity index (χ4v) is 1.90. The van der Waals surface area contributed by atoms with Crippen LogP contribution < -0.4 is 15.4 Å². The molecule has 19 heavy (non-hydrogen) atoms. The van der Waals surface area contributed by atoms with E-state index in [1.54, 1.807) is 0 Å². The first-order chi connectivity index (χ1) is 8.78. The number of hydrogen-bond acceptors (Lipinski definition) is 3. The van der Waals surface area contributed by atoms with Gasteiger partial charge in [0.1, 0.15) is 5.75 Å². The van der Waals surface area contributed by atoms with Crippen molar-refractivity contribution in [1.82, 2.24) is 0 Å². The van der Waals surface area contributed by atoms with Crippen LogP contribution in [0.5, 0.6) is 5.75 Å². The summed E-state index contributed by atoms with van der Waals surface area (Å²) in [4.78, 5) is 13.0. The van der Waals surface area contributed by atoms with Gasteiger partial charge in [-0.3, -0.25) is 4.79 Å². The molecule has 2 N–H and O–H groups in total. The normalized spacial score (nSPS) is 19.1. The molecule has 1 aliphatic rings. The van der Waals surface area contributed by atoms with Crippen molar-refractivity contribution in [1.29, 1.82) is 0 Å². The number of amides is 1. The Labute approximate surface area is 107 Å². The molecule has 0 spiro atoms. The van der Waals surface area contributed by atoms with Gasteiger partial charge in [0, 0.05) is 18.3 Å². The minimum Gasteiger partial charge on any atom is -0.479 e. The molecule has 7 heteroatoms. The summed E-state index contributed by atoms with van der Waals surface area (Å²) in [5.74, 6) is -0.157. The molecule has 0 fully saturated rings. The maximum atomic E-state index is 12.3. The summed E-state index contributed by atoms with van der Waals surface area (Å²) in [5, 5.41) is 0. The Morgan fingerprint density at radius 3 is 2.74 bits per heavy atom. The first-order valence-corrected chi connectivity index (χ1v) is 5.72. The summed E-state index contributed by atoms with van der Waals surface area (Å²) < 4.78 is 42.2. The van der Waals surface area contributed by atoms with Gasteiger partial charge in [-0.1, -0.05) is 0 Å². The second-order valence-electron chi connectivity index (χ2n) is 4.34. The zero-order valence-electron chi connectivity index (χ0n) is 10.2. The minimum absolute atomic E-state index is 0.321. The molecule has 1 aliphatic heterocycles. The van der Waals surface area contributed by atoms with Crippen LogP contribution in [-0.4, -0.2) is 24.7 Å². The van der Waals surface area contributed by atoms with Crippen molar-refractivity contribution in [2.45, 2.75) is 25.6 Å². The maximum absolute atomic E-state index is 12.3. The van der Waals surface area contributed by atoms with Crippen LogP contribution in [0.4, 0.5) is 24.5 Å². The average molecular weight is 274 g/mol. The third kappa shape index (κ3) is 2.91. The van der Waals surface area contributed by atoms with Crippen LogP contribution in [0.3, 0.4) is 0 Å². The molecule has 1 amide bonds. The van der Waals surface area contributed by atoms with Gasteiger partial charge in [0.25, 0.3) is 5.91 Å². The van der Waals surface area contributed by atoms with Crippen molar-refractivity contribution in [3.63, 3.8) is 0 Å². The molecule has 1 aromatic rings. The third-order valence-electron chi connectivity index (χ3n) is 2.81. The molecule has 1 unspecified atom stereocenters. The fraction of sp³-hybridized carbons (Fsp3) is 0.417. The highest BCUT2D eigenvalue weighted by Crippen LogP contribution is 2.36. The van der Waals surface area contributed by atoms with E-state index in [-0.39, 0.29) is 0 Å². The first-order valence-electron chi connectivity index (χ1n) is 5.72. The zero-order valence-corrected chi connectivity index (χ0v) is 10.2. The van der Waals surface area contributed by atoms with Crippen molar-refractivity contribution < 1.29 is 22.7 Å². The zero-order chi connectivity index (χ0) is 14.2. The molecule has 0 aromatic heterocycles. The van der Waals surface area contributed by atoms with E-state index in [0.29, 0.717) is 17.1 Å². The van der Waals surface area contributed by atoms with Crippen LogP contribution in [0, 0.1) is 0 Å². The molecule has 0 radical (unpaired) electrons. The van der Waals surface area contributed by atoms with E-state index >= 15 is 0 Å². The van der Waals surface area contributed by atoms with Gasteiger partial charge in [0.15, 0.2) is 6.10 Å². The number of ether oxygens (including phenoxy) is 1. The SMILES string of the molecule is CC1Oc2cc(N)ccc2N(CCC(F)(F)F)C1=O. The maximum Gasteiger partial charge on any atom is 0.390 e. The monoisotopic (exact) mass is 274 g/mol. The number of carbonyl (C=O) groups is 1. The molecule has 1 atom stereocenters. The summed E-state index contributed by atoms with van der Waals surface area (Å²) in [5.41, 5.74) is 6.33. The van der Waals surface area contributed by atoms with Crippen LogP contribution in [0.25, 0.3) is 0 Å². The smallest absolute Gasteiger partial charge is 0.390 e. The molecule has 1 heterocycles. The van der Waals surface area contributed by atoms with Crippen LogP contribution >= 0.6 is 0 Å². The molecule has 0 saturated heterocycles. The Kier molecular flexibility index (Phi) is 3.30. The topological polar surface area (TPSA) is 55.6 Å². The number of nitrogens with zero attached hydrogens (tertiary/aromatic N) is 1. The van der Waals surface area contributed by atoms with Crippen LogP contribution in [-0.2, 0) is 4.79 Å². The number of hydrogen-bond donors (Lipinski definition) is 1. The Morgan fingerprint density at radius 2 is 2.11 bits per heavy atom. The van der Waals surface area contributed by atoms with E-state index in [9.17, 15) is 18.0 Å². The van der Waals surface area contributed by atoms with Crippen molar-refractivity contribution in [2.24, 2.45) is 0 Å². The van der Waals surface area contributed by atoms with Gasteiger partial charge in [-0.25, -0.2) is 0 Å². The van der Waals surface area contributed by atoms with E-state index in [1.807, 2.05) is 0 Å². The number of nitrogen functional groups attached to an aromatic ring is 1. The molecule has 0 aliphatic carbocycles. The van der Waals surface area contributed by atoms with Crippen molar-refractivity contribution >= 4 is 17.3 Å². The average Bonchev–Trinajstić information content (AvgIpc) is 2.28. The van der Waals surface area contributed by atoms with Crippen LogP contribution in [0.15, 0.2) is 18.2 Å². The second kappa shape index (κ2) is 4.64. The van der Waals surface area contributed by atoms with E-state index in [1.165, 1.54) is 25.1 Å². The Bertz CT molecular complexity index is 502. The van der Waals surface area contributed by atoms with E-state index in [0.717, 1.165) is 4.90 Å². The van der Waals surface area contributed by atoms with Gasteiger partial charge < -0.3 is 15.4 Å². The van der Waals surface area contributed by atoms with E-state index in [4.69, 9.17) is 10.5 Å². The van der Waals surface area contributed by atoms with Crippen molar-refractivity contribution in [3.05, 3.63) is 18.2 Å². The highest BCUT2D eigenvalue weighted by molar-refractivity contribution is 6.00. The van der Waals surface area contributed by atoms with Gasteiger partial charge in [-0.05, 0) is 19.1 Å². The predicted molar refractivity (Wildman–Crippen MR) is 64.0 cm³/mol. The number of fused-ring (bicyclic) bond motifs is 1. The number of nitrogens with two attached hydrogens (primary N) is 1. The lowest BCUT2D eigenvalue weighted by molar-refractivity contribution is -0.135. The lowest BCUT2D eigenvalue weighted by atomic mass is 10.1. The Morgan fingerprint density at radius 1 is 1.42 bits per heavy atom.